The average molecular weight is 256 g/mol. The van der Waals surface area contributed by atoms with Crippen molar-refractivity contribution in [3.8, 4) is 5.75 Å². The van der Waals surface area contributed by atoms with Gasteiger partial charge in [0.05, 0.1) is 0 Å². The lowest BCUT2D eigenvalue weighted by atomic mass is 9.87. The van der Waals surface area contributed by atoms with E-state index in [1.165, 1.54) is 5.56 Å². The molecule has 0 saturated carbocycles. The number of ether oxygens (including phenoxy) is 1. The lowest BCUT2D eigenvalue weighted by molar-refractivity contribution is 0.223. The third kappa shape index (κ3) is 3.90. The van der Waals surface area contributed by atoms with Crippen LogP contribution >= 0.6 is 12.4 Å². The van der Waals surface area contributed by atoms with Gasteiger partial charge in [-0.2, -0.15) is 0 Å². The highest BCUT2D eigenvalue weighted by Crippen LogP contribution is 2.25. The number of benzene rings is 1. The van der Waals surface area contributed by atoms with E-state index in [2.05, 4.69) is 50.4 Å². The van der Waals surface area contributed by atoms with Gasteiger partial charge < -0.3 is 10.1 Å². The molecule has 1 saturated heterocycles. The van der Waals surface area contributed by atoms with E-state index in [1.54, 1.807) is 0 Å². The molecule has 1 aromatic rings. The summed E-state index contributed by atoms with van der Waals surface area (Å²) in [5, 5.41) is 3.30. The predicted octanol–water partition coefficient (Wildman–Crippen LogP) is 3.15. The first-order valence-electron chi connectivity index (χ1n) is 6.03. The van der Waals surface area contributed by atoms with Gasteiger partial charge in [-0.3, -0.25) is 0 Å². The maximum Gasteiger partial charge on any atom is 0.119 e. The second-order valence-corrected chi connectivity index (χ2v) is 5.51. The van der Waals surface area contributed by atoms with Crippen molar-refractivity contribution in [2.24, 2.45) is 0 Å². The molecule has 0 aromatic heterocycles. The molecular weight excluding hydrogens is 234 g/mol. The fourth-order valence-electron chi connectivity index (χ4n) is 1.95. The lowest BCUT2D eigenvalue weighted by Gasteiger charge is -2.20. The van der Waals surface area contributed by atoms with Crippen molar-refractivity contribution in [3.05, 3.63) is 29.8 Å². The van der Waals surface area contributed by atoms with E-state index in [1.807, 2.05) is 0 Å². The molecule has 1 aliphatic heterocycles. The van der Waals surface area contributed by atoms with Crippen molar-refractivity contribution in [1.82, 2.24) is 5.32 Å². The molecule has 0 amide bonds. The molecule has 1 heterocycles. The van der Waals surface area contributed by atoms with Gasteiger partial charge in [0.1, 0.15) is 11.9 Å². The summed E-state index contributed by atoms with van der Waals surface area (Å²) in [6, 6.07) is 8.49. The Kier molecular flexibility index (Phi) is 4.84. The molecule has 0 aliphatic carbocycles. The van der Waals surface area contributed by atoms with Crippen LogP contribution in [0.5, 0.6) is 5.75 Å². The number of hydrogen-bond donors (Lipinski definition) is 1. The van der Waals surface area contributed by atoms with E-state index >= 15 is 0 Å². The Labute approximate surface area is 110 Å². The summed E-state index contributed by atoms with van der Waals surface area (Å²) in [5.41, 5.74) is 1.57. The molecule has 1 aliphatic rings. The maximum absolute atomic E-state index is 5.88. The highest BCUT2D eigenvalue weighted by Gasteiger charge is 2.17. The lowest BCUT2D eigenvalue weighted by Crippen LogP contribution is -2.19. The van der Waals surface area contributed by atoms with Crippen LogP contribution in [-0.2, 0) is 5.41 Å². The number of nitrogens with one attached hydrogen (secondary N) is 1. The van der Waals surface area contributed by atoms with E-state index in [-0.39, 0.29) is 17.8 Å². The van der Waals surface area contributed by atoms with Gasteiger partial charge in [-0.15, -0.1) is 12.4 Å². The Bertz CT molecular complexity index is 336. The highest BCUT2D eigenvalue weighted by molar-refractivity contribution is 5.85. The van der Waals surface area contributed by atoms with E-state index in [9.17, 15) is 0 Å². The molecular formula is C14H22ClNO. The van der Waals surface area contributed by atoms with Crippen LogP contribution in [0.15, 0.2) is 24.3 Å². The Morgan fingerprint density at radius 3 is 2.29 bits per heavy atom. The molecule has 1 fully saturated rings. The topological polar surface area (TPSA) is 21.3 Å². The number of hydrogen-bond acceptors (Lipinski definition) is 2. The van der Waals surface area contributed by atoms with E-state index in [0.717, 1.165) is 25.3 Å². The van der Waals surface area contributed by atoms with Gasteiger partial charge in [-0.25, -0.2) is 0 Å². The molecule has 3 heteroatoms. The second kappa shape index (κ2) is 5.74. The first-order chi connectivity index (χ1) is 7.55. The first kappa shape index (κ1) is 14.3. The number of rotatable bonds is 2. The van der Waals surface area contributed by atoms with Crippen LogP contribution in [0.2, 0.25) is 0 Å². The summed E-state index contributed by atoms with van der Waals surface area (Å²) in [4.78, 5) is 0. The molecule has 0 radical (unpaired) electrons. The summed E-state index contributed by atoms with van der Waals surface area (Å²) >= 11 is 0. The van der Waals surface area contributed by atoms with Crippen molar-refractivity contribution in [2.75, 3.05) is 13.1 Å². The Morgan fingerprint density at radius 1 is 1.18 bits per heavy atom. The predicted molar refractivity (Wildman–Crippen MR) is 74.3 cm³/mol. The molecule has 1 N–H and O–H groups in total. The molecule has 2 rings (SSSR count). The minimum absolute atomic E-state index is 0. The molecule has 1 unspecified atom stereocenters. The SMILES string of the molecule is CC(C)(C)c1ccc(OC2CCNC2)cc1.Cl. The Balaban J connectivity index is 0.00000144. The third-order valence-corrected chi connectivity index (χ3v) is 3.04. The molecule has 0 bridgehead atoms. The van der Waals surface area contributed by atoms with Gasteiger partial charge in [0.25, 0.3) is 0 Å². The molecule has 96 valence electrons. The average Bonchev–Trinajstić information content (AvgIpc) is 2.70. The van der Waals surface area contributed by atoms with Crippen molar-refractivity contribution in [2.45, 2.75) is 38.7 Å². The monoisotopic (exact) mass is 255 g/mol. The van der Waals surface area contributed by atoms with Gasteiger partial charge in [-0.05, 0) is 36.1 Å². The van der Waals surface area contributed by atoms with Crippen molar-refractivity contribution >= 4 is 12.4 Å². The van der Waals surface area contributed by atoms with Gasteiger partial charge in [0.15, 0.2) is 0 Å². The molecule has 17 heavy (non-hydrogen) atoms. The van der Waals surface area contributed by atoms with Crippen LogP contribution in [0.4, 0.5) is 0 Å². The smallest absolute Gasteiger partial charge is 0.119 e. The second-order valence-electron chi connectivity index (χ2n) is 5.51. The molecule has 0 spiro atoms. The van der Waals surface area contributed by atoms with Crippen LogP contribution < -0.4 is 10.1 Å². The Morgan fingerprint density at radius 2 is 1.82 bits per heavy atom. The van der Waals surface area contributed by atoms with Gasteiger partial charge in [-0.1, -0.05) is 32.9 Å². The Hall–Kier alpha value is -0.730. The molecule has 1 aromatic carbocycles. The molecule has 1 atom stereocenters. The number of halogens is 1. The van der Waals surface area contributed by atoms with Crippen LogP contribution in [0.25, 0.3) is 0 Å². The van der Waals surface area contributed by atoms with Crippen LogP contribution in [-0.4, -0.2) is 19.2 Å². The van der Waals surface area contributed by atoms with Crippen molar-refractivity contribution in [1.29, 1.82) is 0 Å². The minimum atomic E-state index is 0. The fraction of sp³-hybridized carbons (Fsp3) is 0.571. The van der Waals surface area contributed by atoms with E-state index in [0.29, 0.717) is 6.10 Å². The highest BCUT2D eigenvalue weighted by atomic mass is 35.5. The van der Waals surface area contributed by atoms with Crippen LogP contribution in [0.3, 0.4) is 0 Å². The molecule has 2 nitrogen and oxygen atoms in total. The largest absolute Gasteiger partial charge is 0.489 e. The quantitative estimate of drug-likeness (QED) is 0.877. The van der Waals surface area contributed by atoms with Crippen LogP contribution in [0.1, 0.15) is 32.8 Å². The zero-order valence-electron chi connectivity index (χ0n) is 10.8. The van der Waals surface area contributed by atoms with Crippen LogP contribution in [0, 0.1) is 0 Å². The fourth-order valence-corrected chi connectivity index (χ4v) is 1.95. The van der Waals surface area contributed by atoms with Crippen molar-refractivity contribution in [3.63, 3.8) is 0 Å². The summed E-state index contributed by atoms with van der Waals surface area (Å²) in [6.45, 7) is 8.73. The standard InChI is InChI=1S/C14H21NO.ClH/c1-14(2,3)11-4-6-12(7-5-11)16-13-8-9-15-10-13;/h4-7,13,15H,8-10H2,1-3H3;1H. The maximum atomic E-state index is 5.88. The van der Waals surface area contributed by atoms with Gasteiger partial charge >= 0.3 is 0 Å². The van der Waals surface area contributed by atoms with Crippen molar-refractivity contribution < 1.29 is 4.74 Å². The summed E-state index contributed by atoms with van der Waals surface area (Å²) < 4.78 is 5.88. The zero-order valence-corrected chi connectivity index (χ0v) is 11.6. The minimum Gasteiger partial charge on any atom is -0.489 e. The normalized spacial score (nSPS) is 19.8. The van der Waals surface area contributed by atoms with E-state index in [4.69, 9.17) is 4.74 Å². The summed E-state index contributed by atoms with van der Waals surface area (Å²) in [6.07, 6.45) is 1.46. The van der Waals surface area contributed by atoms with E-state index < -0.39 is 0 Å². The van der Waals surface area contributed by atoms with Gasteiger partial charge in [0.2, 0.25) is 0 Å². The first-order valence-corrected chi connectivity index (χ1v) is 6.03. The third-order valence-electron chi connectivity index (χ3n) is 3.04. The zero-order chi connectivity index (χ0) is 11.6. The summed E-state index contributed by atoms with van der Waals surface area (Å²) in [7, 11) is 0. The van der Waals surface area contributed by atoms with Gasteiger partial charge in [0, 0.05) is 6.54 Å². The summed E-state index contributed by atoms with van der Waals surface area (Å²) in [5.74, 6) is 0.988.